The lowest BCUT2D eigenvalue weighted by molar-refractivity contribution is -0.139. The molecule has 0 aromatic rings. The van der Waals surface area contributed by atoms with Gasteiger partial charge in [-0.3, -0.25) is 0 Å². The molecule has 4 fully saturated rings. The van der Waals surface area contributed by atoms with Gasteiger partial charge in [0.15, 0.2) is 0 Å². The summed E-state index contributed by atoms with van der Waals surface area (Å²) in [6.07, 6.45) is 2.51. The molecule has 2 bridgehead atoms. The van der Waals surface area contributed by atoms with E-state index in [1.165, 1.54) is 6.42 Å². The maximum Gasteiger partial charge on any atom is 0.113 e. The topological polar surface area (TPSA) is 73.2 Å². The van der Waals surface area contributed by atoms with Crippen molar-refractivity contribution in [2.75, 3.05) is 0 Å². The van der Waals surface area contributed by atoms with Crippen molar-refractivity contribution in [3.05, 3.63) is 23.8 Å². The highest BCUT2D eigenvalue weighted by molar-refractivity contribution is 5.24. The van der Waals surface area contributed by atoms with Gasteiger partial charge in [0.2, 0.25) is 0 Å². The fourth-order valence-electron chi connectivity index (χ4n) is 5.21. The minimum absolute atomic E-state index is 0. The third-order valence-electron chi connectivity index (χ3n) is 7.18. The zero-order valence-electron chi connectivity index (χ0n) is 15.5. The molecule has 1 aliphatic heterocycles. The Morgan fingerprint density at radius 1 is 1.20 bits per heavy atom. The predicted molar refractivity (Wildman–Crippen MR) is 100 cm³/mol. The summed E-state index contributed by atoms with van der Waals surface area (Å²) in [6.45, 7) is 14.2. The lowest BCUT2D eigenvalue weighted by atomic mass is 9.45. The quantitative estimate of drug-likeness (QED) is 0.501. The van der Waals surface area contributed by atoms with Crippen molar-refractivity contribution in [3.63, 3.8) is 0 Å². The number of ether oxygens (including phenoxy) is 1. The summed E-state index contributed by atoms with van der Waals surface area (Å²) in [7, 11) is 0. The van der Waals surface area contributed by atoms with E-state index in [1.807, 2.05) is 19.9 Å². The molecule has 0 amide bonds. The zero-order chi connectivity index (χ0) is 18.0. The van der Waals surface area contributed by atoms with Crippen LogP contribution in [0.25, 0.3) is 0 Å². The van der Waals surface area contributed by atoms with Gasteiger partial charge in [-0.15, -0.1) is 0 Å². The largest absolute Gasteiger partial charge is 0.390 e. The second-order valence-electron chi connectivity index (χ2n) is 9.00. The fourth-order valence-corrected chi connectivity index (χ4v) is 5.21. The van der Waals surface area contributed by atoms with Gasteiger partial charge in [0.1, 0.15) is 12.2 Å². The number of epoxide rings is 1. The van der Waals surface area contributed by atoms with E-state index in [4.69, 9.17) is 4.74 Å². The van der Waals surface area contributed by atoms with Crippen LogP contribution in [0.2, 0.25) is 0 Å². The summed E-state index contributed by atoms with van der Waals surface area (Å²) >= 11 is 0. The third-order valence-corrected chi connectivity index (χ3v) is 7.18. The Bertz CT molecular complexity index is 561. The molecule has 3 saturated carbocycles. The van der Waals surface area contributed by atoms with Gasteiger partial charge in [-0.2, -0.15) is 0 Å². The van der Waals surface area contributed by atoms with Crippen LogP contribution < -0.4 is 0 Å². The standard InChI is InChI=1S/2C10H16O2.CH4/c1-9(2)5-4-6(9)10(3)8(12-10)7(5)11;1-6(2)8-5-4-7(3)9(11)10(8)12;/h5-8,11H,4H2,1-3H3;4,8-12H,1,5H2,2-3H3;1H4. The lowest BCUT2D eigenvalue weighted by Crippen LogP contribution is -2.62. The maximum atomic E-state index is 9.90. The highest BCUT2D eigenvalue weighted by Gasteiger charge is 2.76. The second kappa shape index (κ2) is 6.49. The van der Waals surface area contributed by atoms with Crippen LogP contribution in [0.5, 0.6) is 0 Å². The SMILES string of the molecule is C.C=C(C)C1CC=C(C)C(O)C1O.CC1(C)C2CC1C1(C)OC1C2O. The highest BCUT2D eigenvalue weighted by atomic mass is 16.6. The Morgan fingerprint density at radius 2 is 1.80 bits per heavy atom. The molecule has 8 atom stereocenters. The number of rotatable bonds is 1. The van der Waals surface area contributed by atoms with Crippen LogP contribution in [-0.2, 0) is 4.74 Å². The average Bonchev–Trinajstić information content (AvgIpc) is 3.18. The number of hydrogen-bond acceptors (Lipinski definition) is 4. The smallest absolute Gasteiger partial charge is 0.113 e. The minimum Gasteiger partial charge on any atom is -0.390 e. The first kappa shape index (κ1) is 20.6. The summed E-state index contributed by atoms with van der Waals surface area (Å²) in [5, 5.41) is 29.0. The predicted octanol–water partition coefficient (Wildman–Crippen LogP) is 3.07. The molecule has 0 aromatic carbocycles. The molecule has 144 valence electrons. The van der Waals surface area contributed by atoms with Crippen LogP contribution in [0.3, 0.4) is 0 Å². The molecule has 5 aliphatic rings. The Morgan fingerprint density at radius 3 is 2.28 bits per heavy atom. The van der Waals surface area contributed by atoms with E-state index >= 15 is 0 Å². The molecule has 5 rings (SSSR count). The number of allylic oxidation sites excluding steroid dienone is 1. The number of aliphatic hydroxyl groups is 3. The number of hydrogen-bond donors (Lipinski definition) is 3. The van der Waals surface area contributed by atoms with E-state index in [2.05, 4.69) is 27.4 Å². The Hall–Kier alpha value is -0.680. The second-order valence-corrected chi connectivity index (χ2v) is 9.00. The Kier molecular flexibility index (Phi) is 5.35. The van der Waals surface area contributed by atoms with E-state index in [0.29, 0.717) is 17.3 Å². The first-order chi connectivity index (χ1) is 11.0. The van der Waals surface area contributed by atoms with Crippen molar-refractivity contribution in [2.24, 2.45) is 23.2 Å². The van der Waals surface area contributed by atoms with Crippen molar-refractivity contribution in [1.29, 1.82) is 0 Å². The lowest BCUT2D eigenvalue weighted by Gasteiger charge is -2.59. The molecule has 4 nitrogen and oxygen atoms in total. The van der Waals surface area contributed by atoms with Gasteiger partial charge in [-0.1, -0.05) is 39.5 Å². The van der Waals surface area contributed by atoms with Crippen LogP contribution >= 0.6 is 0 Å². The number of aliphatic hydroxyl groups excluding tert-OH is 3. The molecule has 3 N–H and O–H groups in total. The van der Waals surface area contributed by atoms with Crippen molar-refractivity contribution in [1.82, 2.24) is 0 Å². The Labute approximate surface area is 152 Å². The van der Waals surface area contributed by atoms with Crippen LogP contribution in [-0.4, -0.2) is 45.3 Å². The molecule has 0 aromatic heterocycles. The normalized spacial score (nSPS) is 48.5. The van der Waals surface area contributed by atoms with Crippen molar-refractivity contribution >= 4 is 0 Å². The first-order valence-corrected chi connectivity index (χ1v) is 9.06. The summed E-state index contributed by atoms with van der Waals surface area (Å²) < 4.78 is 5.62. The van der Waals surface area contributed by atoms with Crippen LogP contribution in [0.4, 0.5) is 0 Å². The van der Waals surface area contributed by atoms with Crippen LogP contribution in [0.1, 0.15) is 54.9 Å². The molecule has 25 heavy (non-hydrogen) atoms. The summed E-state index contributed by atoms with van der Waals surface area (Å²) in [4.78, 5) is 0. The van der Waals surface area contributed by atoms with E-state index in [-0.39, 0.29) is 31.2 Å². The molecule has 4 heteroatoms. The molecule has 8 unspecified atom stereocenters. The molecular formula is C21H36O4. The van der Waals surface area contributed by atoms with Crippen molar-refractivity contribution in [2.45, 2.75) is 84.9 Å². The summed E-state index contributed by atoms with van der Waals surface area (Å²) in [6, 6.07) is 0. The summed E-state index contributed by atoms with van der Waals surface area (Å²) in [5.74, 6) is 1.19. The highest BCUT2D eigenvalue weighted by Crippen LogP contribution is 2.70. The zero-order valence-corrected chi connectivity index (χ0v) is 15.5. The Balaban J connectivity index is 0.000000173. The van der Waals surface area contributed by atoms with E-state index in [9.17, 15) is 15.3 Å². The minimum atomic E-state index is -0.708. The van der Waals surface area contributed by atoms with Crippen molar-refractivity contribution in [3.8, 4) is 0 Å². The van der Waals surface area contributed by atoms with Gasteiger partial charge in [0.25, 0.3) is 0 Å². The molecule has 1 saturated heterocycles. The average molecular weight is 353 g/mol. The first-order valence-electron chi connectivity index (χ1n) is 9.06. The van der Waals surface area contributed by atoms with Crippen molar-refractivity contribution < 1.29 is 20.1 Å². The van der Waals surface area contributed by atoms with Gasteiger partial charge >= 0.3 is 0 Å². The van der Waals surface area contributed by atoms with Gasteiger partial charge < -0.3 is 20.1 Å². The van der Waals surface area contributed by atoms with Gasteiger partial charge in [-0.25, -0.2) is 0 Å². The fraction of sp³-hybridized carbons (Fsp3) is 0.810. The van der Waals surface area contributed by atoms with Gasteiger partial charge in [0, 0.05) is 5.92 Å². The molecular weight excluding hydrogens is 316 g/mol. The van der Waals surface area contributed by atoms with E-state index in [1.54, 1.807) is 0 Å². The molecule has 0 radical (unpaired) electrons. The molecule has 0 spiro atoms. The molecule has 4 aliphatic carbocycles. The monoisotopic (exact) mass is 352 g/mol. The van der Waals surface area contributed by atoms with Gasteiger partial charge in [0.05, 0.1) is 17.8 Å². The van der Waals surface area contributed by atoms with E-state index in [0.717, 1.165) is 17.6 Å². The van der Waals surface area contributed by atoms with Crippen LogP contribution in [0.15, 0.2) is 23.8 Å². The third kappa shape index (κ3) is 3.01. The van der Waals surface area contributed by atoms with E-state index < -0.39 is 12.2 Å². The summed E-state index contributed by atoms with van der Waals surface area (Å²) in [5.41, 5.74) is 2.13. The van der Waals surface area contributed by atoms with Crippen LogP contribution in [0, 0.1) is 23.2 Å². The maximum absolute atomic E-state index is 9.90. The molecule has 1 heterocycles. The van der Waals surface area contributed by atoms with Gasteiger partial charge in [-0.05, 0) is 56.4 Å².